The normalized spacial score (nSPS) is 16.8. The number of thiol groups is 1. The van der Waals surface area contributed by atoms with E-state index in [-0.39, 0.29) is 0 Å². The highest BCUT2D eigenvalue weighted by molar-refractivity contribution is 7.81. The van der Waals surface area contributed by atoms with E-state index < -0.39 is 0 Å². The number of anilines is 2. The summed E-state index contributed by atoms with van der Waals surface area (Å²) in [6.45, 7) is 2.40. The van der Waals surface area contributed by atoms with Crippen LogP contribution in [0.1, 0.15) is 19.3 Å². The molecule has 1 aromatic rings. The van der Waals surface area contributed by atoms with Gasteiger partial charge in [0.05, 0.1) is 0 Å². The van der Waals surface area contributed by atoms with Crippen LogP contribution in [0.5, 0.6) is 0 Å². The van der Waals surface area contributed by atoms with Crippen molar-refractivity contribution in [1.29, 1.82) is 0 Å². The van der Waals surface area contributed by atoms with Gasteiger partial charge in [-0.05, 0) is 43.5 Å². The van der Waals surface area contributed by atoms with Crippen LogP contribution in [-0.4, -0.2) is 13.1 Å². The van der Waals surface area contributed by atoms with E-state index in [0.29, 0.717) is 0 Å². The summed E-state index contributed by atoms with van der Waals surface area (Å²) < 4.78 is 2.83. The van der Waals surface area contributed by atoms with E-state index >= 15 is 0 Å². The molecule has 1 heterocycles. The Morgan fingerprint density at radius 3 is 2.21 bits per heavy atom. The Morgan fingerprint density at radius 1 is 1.00 bits per heavy atom. The number of nitrogens with zero attached hydrogens (tertiary/aromatic N) is 1. The second-order valence-corrected chi connectivity index (χ2v) is 3.93. The highest BCUT2D eigenvalue weighted by atomic mass is 32.1. The molecule has 1 N–H and O–H groups in total. The van der Waals surface area contributed by atoms with Crippen LogP contribution in [0.25, 0.3) is 0 Å². The topological polar surface area (TPSA) is 15.3 Å². The van der Waals surface area contributed by atoms with Crippen LogP contribution in [0.3, 0.4) is 0 Å². The standard InChI is InChI=1S/C11H16N2S/c14-12-10-4-6-11(7-5-10)13-8-2-1-3-9-13/h4-7,12,14H,1-3,8-9H2. The molecule has 0 spiro atoms. The lowest BCUT2D eigenvalue weighted by molar-refractivity contribution is 0.578. The first-order chi connectivity index (χ1) is 6.90. The SMILES string of the molecule is SNc1ccc(N2CCCCC2)cc1. The summed E-state index contributed by atoms with van der Waals surface area (Å²) in [5.41, 5.74) is 2.38. The quantitative estimate of drug-likeness (QED) is 0.726. The summed E-state index contributed by atoms with van der Waals surface area (Å²) in [4.78, 5) is 2.45. The number of hydrogen-bond donors (Lipinski definition) is 2. The van der Waals surface area contributed by atoms with Crippen molar-refractivity contribution < 1.29 is 0 Å². The first kappa shape index (κ1) is 9.71. The molecule has 1 aromatic carbocycles. The smallest absolute Gasteiger partial charge is 0.0439 e. The minimum atomic E-state index is 1.05. The fraction of sp³-hybridized carbons (Fsp3) is 0.455. The Kier molecular flexibility index (Phi) is 3.19. The average molecular weight is 208 g/mol. The van der Waals surface area contributed by atoms with Crippen molar-refractivity contribution in [2.45, 2.75) is 19.3 Å². The zero-order valence-electron chi connectivity index (χ0n) is 8.24. The molecule has 0 saturated carbocycles. The average Bonchev–Trinajstić information content (AvgIpc) is 2.30. The number of hydrogen-bond acceptors (Lipinski definition) is 3. The van der Waals surface area contributed by atoms with Crippen molar-refractivity contribution in [3.05, 3.63) is 24.3 Å². The number of piperidine rings is 1. The molecule has 0 amide bonds. The van der Waals surface area contributed by atoms with E-state index in [9.17, 15) is 0 Å². The van der Waals surface area contributed by atoms with Crippen molar-refractivity contribution in [1.82, 2.24) is 0 Å². The third kappa shape index (κ3) is 2.15. The first-order valence-corrected chi connectivity index (χ1v) is 5.60. The highest BCUT2D eigenvalue weighted by Crippen LogP contribution is 2.21. The molecule has 1 fully saturated rings. The van der Waals surface area contributed by atoms with Crippen LogP contribution >= 0.6 is 12.8 Å². The van der Waals surface area contributed by atoms with Gasteiger partial charge < -0.3 is 9.62 Å². The van der Waals surface area contributed by atoms with Gasteiger partial charge in [0, 0.05) is 24.5 Å². The minimum absolute atomic E-state index is 1.05. The number of nitrogens with one attached hydrogen (secondary N) is 1. The van der Waals surface area contributed by atoms with E-state index in [4.69, 9.17) is 0 Å². The van der Waals surface area contributed by atoms with Gasteiger partial charge in [-0.1, -0.05) is 12.8 Å². The lowest BCUT2D eigenvalue weighted by Gasteiger charge is -2.28. The van der Waals surface area contributed by atoms with E-state index in [0.717, 1.165) is 5.69 Å². The molecule has 0 aliphatic carbocycles. The van der Waals surface area contributed by atoms with Crippen molar-refractivity contribution in [3.8, 4) is 0 Å². The minimum Gasteiger partial charge on any atom is -0.372 e. The van der Waals surface area contributed by atoms with Gasteiger partial charge in [-0.25, -0.2) is 0 Å². The van der Waals surface area contributed by atoms with Gasteiger partial charge in [-0.15, -0.1) is 0 Å². The maximum absolute atomic E-state index is 4.01. The molecule has 0 unspecified atom stereocenters. The van der Waals surface area contributed by atoms with E-state index in [2.05, 4.69) is 46.7 Å². The Hall–Kier alpha value is -0.830. The molecule has 3 heteroatoms. The monoisotopic (exact) mass is 208 g/mol. The molecule has 1 saturated heterocycles. The van der Waals surface area contributed by atoms with E-state index in [1.54, 1.807) is 0 Å². The molecule has 2 rings (SSSR count). The molecular weight excluding hydrogens is 192 g/mol. The molecule has 76 valence electrons. The van der Waals surface area contributed by atoms with Crippen LogP contribution < -0.4 is 9.62 Å². The molecule has 0 radical (unpaired) electrons. The molecule has 2 nitrogen and oxygen atoms in total. The van der Waals surface area contributed by atoms with Crippen LogP contribution in [0.2, 0.25) is 0 Å². The van der Waals surface area contributed by atoms with Gasteiger partial charge in [0.1, 0.15) is 0 Å². The van der Waals surface area contributed by atoms with Crippen molar-refractivity contribution in [2.75, 3.05) is 22.7 Å². The summed E-state index contributed by atoms with van der Waals surface area (Å²) in [5.74, 6) is 0. The Balaban J connectivity index is 2.07. The van der Waals surface area contributed by atoms with Crippen molar-refractivity contribution in [3.63, 3.8) is 0 Å². The maximum atomic E-state index is 4.01. The van der Waals surface area contributed by atoms with Gasteiger partial charge in [0.2, 0.25) is 0 Å². The predicted molar refractivity (Wildman–Crippen MR) is 65.1 cm³/mol. The van der Waals surface area contributed by atoms with Crippen molar-refractivity contribution in [2.24, 2.45) is 0 Å². The van der Waals surface area contributed by atoms with E-state index in [1.165, 1.54) is 38.0 Å². The lowest BCUT2D eigenvalue weighted by atomic mass is 10.1. The van der Waals surface area contributed by atoms with Gasteiger partial charge in [-0.3, -0.25) is 0 Å². The second-order valence-electron chi connectivity index (χ2n) is 3.71. The summed E-state index contributed by atoms with van der Waals surface area (Å²) in [5, 5.41) is 0. The summed E-state index contributed by atoms with van der Waals surface area (Å²) in [6.07, 6.45) is 4.03. The lowest BCUT2D eigenvalue weighted by Crippen LogP contribution is -2.29. The molecule has 1 aliphatic rings. The van der Waals surface area contributed by atoms with E-state index in [1.807, 2.05) is 0 Å². The van der Waals surface area contributed by atoms with Gasteiger partial charge in [0.15, 0.2) is 0 Å². The van der Waals surface area contributed by atoms with Gasteiger partial charge in [-0.2, -0.15) is 0 Å². The third-order valence-electron chi connectivity index (χ3n) is 2.72. The number of rotatable bonds is 2. The van der Waals surface area contributed by atoms with Crippen LogP contribution in [0.15, 0.2) is 24.3 Å². The largest absolute Gasteiger partial charge is 0.372 e. The summed E-state index contributed by atoms with van der Waals surface area (Å²) in [6, 6.07) is 8.45. The molecule has 0 aromatic heterocycles. The fourth-order valence-electron chi connectivity index (χ4n) is 1.90. The second kappa shape index (κ2) is 4.60. The van der Waals surface area contributed by atoms with Gasteiger partial charge >= 0.3 is 0 Å². The zero-order valence-corrected chi connectivity index (χ0v) is 9.13. The predicted octanol–water partition coefficient (Wildman–Crippen LogP) is 2.93. The molecule has 0 atom stereocenters. The Morgan fingerprint density at radius 2 is 1.64 bits per heavy atom. The van der Waals surface area contributed by atoms with Crippen LogP contribution in [0.4, 0.5) is 11.4 Å². The molecule has 1 aliphatic heterocycles. The fourth-order valence-corrected chi connectivity index (χ4v) is 2.05. The Labute approximate surface area is 90.9 Å². The summed E-state index contributed by atoms with van der Waals surface area (Å²) >= 11 is 4.01. The molecule has 0 bridgehead atoms. The summed E-state index contributed by atoms with van der Waals surface area (Å²) in [7, 11) is 0. The first-order valence-electron chi connectivity index (χ1n) is 5.15. The van der Waals surface area contributed by atoms with Crippen molar-refractivity contribution >= 4 is 24.2 Å². The van der Waals surface area contributed by atoms with Crippen LogP contribution in [-0.2, 0) is 0 Å². The van der Waals surface area contributed by atoms with Crippen LogP contribution in [0, 0.1) is 0 Å². The highest BCUT2D eigenvalue weighted by Gasteiger charge is 2.09. The molecule has 14 heavy (non-hydrogen) atoms. The van der Waals surface area contributed by atoms with Gasteiger partial charge in [0.25, 0.3) is 0 Å². The Bertz CT molecular complexity index is 278. The molecular formula is C11H16N2S. The zero-order chi connectivity index (χ0) is 9.80. The third-order valence-corrected chi connectivity index (χ3v) is 2.98. The number of benzene rings is 1. The maximum Gasteiger partial charge on any atom is 0.0439 e.